The second-order valence-corrected chi connectivity index (χ2v) is 4.11. The van der Waals surface area contributed by atoms with Crippen LogP contribution in [-0.4, -0.2) is 31.8 Å². The highest BCUT2D eigenvalue weighted by molar-refractivity contribution is 5.62. The van der Waals surface area contributed by atoms with E-state index in [1.165, 1.54) is 11.1 Å². The maximum atomic E-state index is 4.96. The summed E-state index contributed by atoms with van der Waals surface area (Å²) in [5, 5.41) is 3.32. The van der Waals surface area contributed by atoms with E-state index in [2.05, 4.69) is 29.4 Å². The molecular weight excluding hydrogens is 212 g/mol. The van der Waals surface area contributed by atoms with Gasteiger partial charge in [0.05, 0.1) is 6.61 Å². The molecule has 0 unspecified atom stereocenters. The van der Waals surface area contributed by atoms with Gasteiger partial charge in [0.15, 0.2) is 0 Å². The van der Waals surface area contributed by atoms with Crippen LogP contribution in [0.2, 0.25) is 0 Å². The minimum Gasteiger partial charge on any atom is -0.383 e. The third-order valence-electron chi connectivity index (χ3n) is 2.62. The lowest BCUT2D eigenvalue weighted by Gasteiger charge is -2.03. The molecule has 0 atom stereocenters. The summed E-state index contributed by atoms with van der Waals surface area (Å²) in [6.45, 7) is 6.80. The highest BCUT2D eigenvalue weighted by atomic mass is 16.5. The number of pyridine rings is 1. The van der Waals surface area contributed by atoms with Gasteiger partial charge in [-0.05, 0) is 44.0 Å². The van der Waals surface area contributed by atoms with Crippen molar-refractivity contribution in [2.24, 2.45) is 0 Å². The van der Waals surface area contributed by atoms with E-state index in [1.807, 2.05) is 19.2 Å². The second-order valence-electron chi connectivity index (χ2n) is 4.11. The van der Waals surface area contributed by atoms with Crippen molar-refractivity contribution >= 4 is 5.57 Å². The molecule has 94 valence electrons. The van der Waals surface area contributed by atoms with Crippen LogP contribution in [0.5, 0.6) is 0 Å². The zero-order chi connectivity index (χ0) is 12.5. The Bertz CT molecular complexity index is 344. The van der Waals surface area contributed by atoms with Crippen LogP contribution in [0.3, 0.4) is 0 Å². The van der Waals surface area contributed by atoms with E-state index in [9.17, 15) is 0 Å². The number of hydrogen-bond acceptors (Lipinski definition) is 3. The van der Waals surface area contributed by atoms with Crippen LogP contribution >= 0.6 is 0 Å². The molecule has 3 heteroatoms. The summed E-state index contributed by atoms with van der Waals surface area (Å²) in [5.74, 6) is 0. The summed E-state index contributed by atoms with van der Waals surface area (Å²) in [6.07, 6.45) is 5.20. The molecule has 0 saturated heterocycles. The molecule has 17 heavy (non-hydrogen) atoms. The molecular formula is C14H22N2O. The Hall–Kier alpha value is -1.19. The van der Waals surface area contributed by atoms with E-state index < -0.39 is 0 Å². The lowest BCUT2D eigenvalue weighted by Crippen LogP contribution is -2.19. The van der Waals surface area contributed by atoms with Crippen LogP contribution in [0.25, 0.3) is 5.57 Å². The highest BCUT2D eigenvalue weighted by Crippen LogP contribution is 2.12. The third kappa shape index (κ3) is 5.61. The second kappa shape index (κ2) is 7.98. The quantitative estimate of drug-likeness (QED) is 0.736. The number of allylic oxidation sites excluding steroid dienone is 1. The van der Waals surface area contributed by atoms with Gasteiger partial charge in [-0.15, -0.1) is 0 Å². The van der Waals surface area contributed by atoms with Crippen LogP contribution in [0, 0.1) is 6.92 Å². The molecule has 1 aromatic heterocycles. The first-order chi connectivity index (χ1) is 8.24. The highest BCUT2D eigenvalue weighted by Gasteiger charge is 1.95. The lowest BCUT2D eigenvalue weighted by atomic mass is 10.1. The van der Waals surface area contributed by atoms with Crippen LogP contribution in [0.4, 0.5) is 0 Å². The zero-order valence-electron chi connectivity index (χ0n) is 11.0. The summed E-state index contributed by atoms with van der Waals surface area (Å²) in [7, 11) is 1.72. The first-order valence-corrected chi connectivity index (χ1v) is 6.03. The number of methoxy groups -OCH3 is 1. The first kappa shape index (κ1) is 13.9. The van der Waals surface area contributed by atoms with E-state index in [1.54, 1.807) is 7.11 Å². The summed E-state index contributed by atoms with van der Waals surface area (Å²) in [6, 6.07) is 4.16. The van der Waals surface area contributed by atoms with Crippen LogP contribution in [-0.2, 0) is 4.74 Å². The third-order valence-corrected chi connectivity index (χ3v) is 2.62. The van der Waals surface area contributed by atoms with Crippen molar-refractivity contribution < 1.29 is 4.74 Å². The maximum Gasteiger partial charge on any atom is 0.0587 e. The number of nitrogens with zero attached hydrogens (tertiary/aromatic N) is 1. The molecule has 0 aromatic carbocycles. The average molecular weight is 234 g/mol. The fraction of sp³-hybridized carbons (Fsp3) is 0.500. The zero-order valence-corrected chi connectivity index (χ0v) is 11.0. The molecule has 0 saturated carbocycles. The maximum absolute atomic E-state index is 4.96. The molecule has 0 bridgehead atoms. The monoisotopic (exact) mass is 234 g/mol. The Kier molecular flexibility index (Phi) is 6.51. The molecule has 1 N–H and O–H groups in total. The van der Waals surface area contributed by atoms with Crippen molar-refractivity contribution in [1.29, 1.82) is 0 Å². The van der Waals surface area contributed by atoms with E-state index in [0.29, 0.717) is 0 Å². The van der Waals surface area contributed by atoms with Gasteiger partial charge >= 0.3 is 0 Å². The largest absolute Gasteiger partial charge is 0.383 e. The molecule has 1 heterocycles. The van der Waals surface area contributed by atoms with E-state index in [4.69, 9.17) is 4.74 Å². The van der Waals surface area contributed by atoms with E-state index in [-0.39, 0.29) is 0 Å². The molecule has 1 aromatic rings. The Balaban J connectivity index is 2.31. The Labute approximate surface area is 104 Å². The Morgan fingerprint density at radius 3 is 2.88 bits per heavy atom. The Morgan fingerprint density at radius 2 is 2.24 bits per heavy atom. The number of aryl methyl sites for hydroxylation is 1. The summed E-state index contributed by atoms with van der Waals surface area (Å²) in [5.41, 5.74) is 3.54. The number of rotatable bonds is 7. The van der Waals surface area contributed by atoms with Crippen LogP contribution in [0.15, 0.2) is 24.4 Å². The van der Waals surface area contributed by atoms with Crippen LogP contribution < -0.4 is 5.32 Å². The molecule has 0 radical (unpaired) electrons. The SMILES string of the molecule is COCCNCCC=C(C)c1ccc(C)nc1. The topological polar surface area (TPSA) is 34.1 Å². The van der Waals surface area contributed by atoms with Crippen molar-refractivity contribution in [1.82, 2.24) is 10.3 Å². The van der Waals surface area contributed by atoms with Gasteiger partial charge in [0.25, 0.3) is 0 Å². The number of ether oxygens (including phenoxy) is 1. The molecule has 3 nitrogen and oxygen atoms in total. The minimum absolute atomic E-state index is 0.768. The van der Waals surface area contributed by atoms with Gasteiger partial charge in [-0.2, -0.15) is 0 Å². The predicted octanol–water partition coefficient (Wildman–Crippen LogP) is 2.42. The Morgan fingerprint density at radius 1 is 1.41 bits per heavy atom. The predicted molar refractivity (Wildman–Crippen MR) is 72.0 cm³/mol. The van der Waals surface area contributed by atoms with Gasteiger partial charge in [-0.3, -0.25) is 4.98 Å². The number of aromatic nitrogens is 1. The van der Waals surface area contributed by atoms with E-state index >= 15 is 0 Å². The molecule has 0 aliphatic carbocycles. The fourth-order valence-electron chi connectivity index (χ4n) is 1.51. The molecule has 0 spiro atoms. The standard InChI is InChI=1S/C14H22N2O/c1-12(5-4-8-15-9-10-17-3)14-7-6-13(2)16-11-14/h5-7,11,15H,4,8-10H2,1-3H3. The summed E-state index contributed by atoms with van der Waals surface area (Å²) < 4.78 is 4.96. The summed E-state index contributed by atoms with van der Waals surface area (Å²) in [4.78, 5) is 4.30. The van der Waals surface area contributed by atoms with Gasteiger partial charge in [0.2, 0.25) is 0 Å². The number of nitrogens with one attached hydrogen (secondary N) is 1. The van der Waals surface area contributed by atoms with Crippen molar-refractivity contribution in [2.45, 2.75) is 20.3 Å². The van der Waals surface area contributed by atoms with Crippen molar-refractivity contribution in [3.63, 3.8) is 0 Å². The van der Waals surface area contributed by atoms with Gasteiger partial charge in [0.1, 0.15) is 0 Å². The fourth-order valence-corrected chi connectivity index (χ4v) is 1.51. The molecule has 0 aliphatic heterocycles. The van der Waals surface area contributed by atoms with Gasteiger partial charge in [0, 0.05) is 25.5 Å². The molecule has 0 aliphatic rings. The lowest BCUT2D eigenvalue weighted by molar-refractivity contribution is 0.199. The molecule has 0 amide bonds. The number of hydrogen-bond donors (Lipinski definition) is 1. The molecule has 0 fully saturated rings. The minimum atomic E-state index is 0.768. The average Bonchev–Trinajstić information content (AvgIpc) is 2.34. The van der Waals surface area contributed by atoms with Crippen LogP contribution in [0.1, 0.15) is 24.6 Å². The van der Waals surface area contributed by atoms with Gasteiger partial charge in [-0.25, -0.2) is 0 Å². The van der Waals surface area contributed by atoms with Crippen molar-refractivity contribution in [3.05, 3.63) is 35.7 Å². The summed E-state index contributed by atoms with van der Waals surface area (Å²) >= 11 is 0. The van der Waals surface area contributed by atoms with Gasteiger partial charge in [-0.1, -0.05) is 12.1 Å². The van der Waals surface area contributed by atoms with Crippen molar-refractivity contribution in [3.8, 4) is 0 Å². The smallest absolute Gasteiger partial charge is 0.0587 e. The molecule has 1 rings (SSSR count). The normalized spacial score (nSPS) is 11.8. The van der Waals surface area contributed by atoms with E-state index in [0.717, 1.165) is 31.8 Å². The van der Waals surface area contributed by atoms with Gasteiger partial charge < -0.3 is 10.1 Å². The first-order valence-electron chi connectivity index (χ1n) is 6.03. The van der Waals surface area contributed by atoms with Crippen molar-refractivity contribution in [2.75, 3.05) is 26.8 Å².